The zero-order valence-electron chi connectivity index (χ0n) is 12.9. The molecule has 1 aromatic heterocycles. The van der Waals surface area contributed by atoms with Crippen LogP contribution in [0.3, 0.4) is 0 Å². The Bertz CT molecular complexity index is 815. The molecule has 0 radical (unpaired) electrons. The minimum absolute atomic E-state index is 0.0692. The van der Waals surface area contributed by atoms with Crippen molar-refractivity contribution in [2.45, 2.75) is 6.92 Å². The summed E-state index contributed by atoms with van der Waals surface area (Å²) >= 11 is 0. The molecule has 2 aromatic rings. The number of sulfonamides is 1. The lowest BCUT2D eigenvalue weighted by molar-refractivity contribution is -0.114. The highest BCUT2D eigenvalue weighted by Crippen LogP contribution is 2.16. The monoisotopic (exact) mass is 351 g/mol. The van der Waals surface area contributed by atoms with Gasteiger partial charge in [0.05, 0.1) is 17.7 Å². The first kappa shape index (κ1) is 17.5. The molecule has 0 aliphatic heterocycles. The molecule has 0 atom stereocenters. The summed E-state index contributed by atoms with van der Waals surface area (Å²) in [5.74, 6) is -0.925. The van der Waals surface area contributed by atoms with E-state index in [0.29, 0.717) is 11.4 Å². The molecule has 128 valence electrons. The van der Waals surface area contributed by atoms with E-state index in [1.807, 2.05) is 0 Å². The SMILES string of the molecule is CC(=O)Nc1cccc(NS(=O)(=O)CCNC(=O)c2ccco2)c1. The van der Waals surface area contributed by atoms with Crippen LogP contribution in [0.4, 0.5) is 11.4 Å². The van der Waals surface area contributed by atoms with E-state index in [2.05, 4.69) is 15.4 Å². The Kier molecular flexibility index (Phi) is 5.59. The Balaban J connectivity index is 1.89. The van der Waals surface area contributed by atoms with Crippen LogP contribution in [0, 0.1) is 0 Å². The van der Waals surface area contributed by atoms with Gasteiger partial charge in [0.25, 0.3) is 5.91 Å². The number of nitrogens with one attached hydrogen (secondary N) is 3. The quantitative estimate of drug-likeness (QED) is 0.697. The molecule has 1 aromatic carbocycles. The summed E-state index contributed by atoms with van der Waals surface area (Å²) in [4.78, 5) is 22.7. The third-order valence-electron chi connectivity index (χ3n) is 2.86. The maximum absolute atomic E-state index is 12.0. The molecule has 0 saturated heterocycles. The lowest BCUT2D eigenvalue weighted by Gasteiger charge is -2.10. The second-order valence-corrected chi connectivity index (χ2v) is 6.76. The fourth-order valence-electron chi connectivity index (χ4n) is 1.89. The van der Waals surface area contributed by atoms with E-state index in [4.69, 9.17) is 4.42 Å². The number of benzene rings is 1. The highest BCUT2D eigenvalue weighted by molar-refractivity contribution is 7.92. The molecule has 8 nitrogen and oxygen atoms in total. The molecule has 0 aliphatic rings. The predicted octanol–water partition coefficient (Wildman–Crippen LogP) is 1.41. The molecule has 0 unspecified atom stereocenters. The van der Waals surface area contributed by atoms with Crippen LogP contribution in [0.2, 0.25) is 0 Å². The van der Waals surface area contributed by atoms with Crippen molar-refractivity contribution in [1.82, 2.24) is 5.32 Å². The maximum atomic E-state index is 12.0. The third kappa shape index (κ3) is 5.43. The number of hydrogen-bond donors (Lipinski definition) is 3. The molecule has 24 heavy (non-hydrogen) atoms. The van der Waals surface area contributed by atoms with Crippen molar-refractivity contribution >= 4 is 33.2 Å². The highest BCUT2D eigenvalue weighted by atomic mass is 32.2. The van der Waals surface area contributed by atoms with E-state index < -0.39 is 15.9 Å². The van der Waals surface area contributed by atoms with Crippen LogP contribution in [0.5, 0.6) is 0 Å². The van der Waals surface area contributed by atoms with Crippen LogP contribution in [0.25, 0.3) is 0 Å². The number of rotatable bonds is 7. The molecule has 0 spiro atoms. The van der Waals surface area contributed by atoms with Crippen LogP contribution in [0.1, 0.15) is 17.5 Å². The van der Waals surface area contributed by atoms with Crippen molar-refractivity contribution in [1.29, 1.82) is 0 Å². The minimum Gasteiger partial charge on any atom is -0.459 e. The number of furan rings is 1. The number of anilines is 2. The number of carbonyl (C=O) groups excluding carboxylic acids is 2. The van der Waals surface area contributed by atoms with Crippen LogP contribution < -0.4 is 15.4 Å². The van der Waals surface area contributed by atoms with E-state index in [0.717, 1.165) is 0 Å². The first-order valence-electron chi connectivity index (χ1n) is 7.05. The summed E-state index contributed by atoms with van der Waals surface area (Å²) in [5, 5.41) is 5.02. The first-order chi connectivity index (χ1) is 11.4. The zero-order valence-corrected chi connectivity index (χ0v) is 13.7. The molecule has 9 heteroatoms. The van der Waals surface area contributed by atoms with Crippen molar-refractivity contribution in [2.24, 2.45) is 0 Å². The fraction of sp³-hybridized carbons (Fsp3) is 0.200. The van der Waals surface area contributed by atoms with Gasteiger partial charge >= 0.3 is 0 Å². The van der Waals surface area contributed by atoms with E-state index in [1.54, 1.807) is 24.3 Å². The third-order valence-corrected chi connectivity index (χ3v) is 4.15. The molecule has 0 bridgehead atoms. The summed E-state index contributed by atoms with van der Waals surface area (Å²) in [6.07, 6.45) is 1.36. The van der Waals surface area contributed by atoms with Crippen molar-refractivity contribution in [3.05, 3.63) is 48.4 Å². The van der Waals surface area contributed by atoms with Crippen molar-refractivity contribution in [3.8, 4) is 0 Å². The molecule has 0 aliphatic carbocycles. The summed E-state index contributed by atoms with van der Waals surface area (Å²) in [6, 6.07) is 9.36. The van der Waals surface area contributed by atoms with Gasteiger partial charge < -0.3 is 15.1 Å². The maximum Gasteiger partial charge on any atom is 0.287 e. The van der Waals surface area contributed by atoms with Crippen molar-refractivity contribution in [3.63, 3.8) is 0 Å². The smallest absolute Gasteiger partial charge is 0.287 e. The molecular weight excluding hydrogens is 334 g/mol. The normalized spacial score (nSPS) is 10.9. The van der Waals surface area contributed by atoms with Gasteiger partial charge in [-0.15, -0.1) is 0 Å². The number of carbonyl (C=O) groups is 2. The van der Waals surface area contributed by atoms with Crippen LogP contribution in [-0.4, -0.2) is 32.5 Å². The largest absolute Gasteiger partial charge is 0.459 e. The van der Waals surface area contributed by atoms with Crippen molar-refractivity contribution in [2.75, 3.05) is 22.3 Å². The fourth-order valence-corrected chi connectivity index (χ4v) is 2.85. The summed E-state index contributed by atoms with van der Waals surface area (Å²) in [6.45, 7) is 1.29. The molecular formula is C15H17N3O5S. The Hall–Kier alpha value is -2.81. The molecule has 0 saturated carbocycles. The van der Waals surface area contributed by atoms with Crippen LogP contribution in [0.15, 0.2) is 47.1 Å². The standard InChI is InChI=1S/C15H17N3O5S/c1-11(19)17-12-4-2-5-13(10-12)18-24(21,22)9-7-16-15(20)14-6-3-8-23-14/h2-6,8,10,18H,7,9H2,1H3,(H,16,20)(H,17,19). The average molecular weight is 351 g/mol. The average Bonchev–Trinajstić information content (AvgIpc) is 3.00. The zero-order chi connectivity index (χ0) is 17.6. The van der Waals surface area contributed by atoms with Gasteiger partial charge in [0, 0.05) is 19.2 Å². The van der Waals surface area contributed by atoms with Gasteiger partial charge in [-0.2, -0.15) is 0 Å². The molecule has 0 fully saturated rings. The minimum atomic E-state index is -3.65. The van der Waals surface area contributed by atoms with Gasteiger partial charge in [-0.05, 0) is 30.3 Å². The van der Waals surface area contributed by atoms with E-state index >= 15 is 0 Å². The lowest BCUT2D eigenvalue weighted by Crippen LogP contribution is -2.31. The highest BCUT2D eigenvalue weighted by Gasteiger charge is 2.13. The van der Waals surface area contributed by atoms with Gasteiger partial charge in [-0.25, -0.2) is 8.42 Å². The molecule has 2 amide bonds. The van der Waals surface area contributed by atoms with Gasteiger partial charge in [0.15, 0.2) is 5.76 Å². The molecule has 3 N–H and O–H groups in total. The predicted molar refractivity (Wildman–Crippen MR) is 89.2 cm³/mol. The first-order valence-corrected chi connectivity index (χ1v) is 8.71. The Morgan fingerprint density at radius 1 is 1.12 bits per heavy atom. The Labute approximate surface area is 139 Å². The van der Waals surface area contributed by atoms with Crippen LogP contribution >= 0.6 is 0 Å². The Morgan fingerprint density at radius 2 is 1.88 bits per heavy atom. The number of hydrogen-bond acceptors (Lipinski definition) is 5. The van der Waals surface area contributed by atoms with Crippen LogP contribution in [-0.2, 0) is 14.8 Å². The van der Waals surface area contributed by atoms with Gasteiger partial charge in [0.2, 0.25) is 15.9 Å². The van der Waals surface area contributed by atoms with E-state index in [9.17, 15) is 18.0 Å². The number of amides is 2. The van der Waals surface area contributed by atoms with Gasteiger partial charge in [0.1, 0.15) is 0 Å². The summed E-state index contributed by atoms with van der Waals surface area (Å²) < 4.78 is 31.3. The molecule has 1 heterocycles. The lowest BCUT2D eigenvalue weighted by atomic mass is 10.3. The Morgan fingerprint density at radius 3 is 2.54 bits per heavy atom. The van der Waals surface area contributed by atoms with E-state index in [-0.39, 0.29) is 24.0 Å². The topological polar surface area (TPSA) is 118 Å². The summed E-state index contributed by atoms with van der Waals surface area (Å²) in [7, 11) is -3.65. The van der Waals surface area contributed by atoms with E-state index in [1.165, 1.54) is 25.3 Å². The van der Waals surface area contributed by atoms with Crippen molar-refractivity contribution < 1.29 is 22.4 Å². The van der Waals surface area contributed by atoms with Gasteiger partial charge in [-0.1, -0.05) is 6.07 Å². The van der Waals surface area contributed by atoms with Gasteiger partial charge in [-0.3, -0.25) is 14.3 Å². The summed E-state index contributed by atoms with van der Waals surface area (Å²) in [5.41, 5.74) is 0.799. The second-order valence-electron chi connectivity index (χ2n) is 4.92. The second kappa shape index (κ2) is 7.64. The molecule has 2 rings (SSSR count).